The summed E-state index contributed by atoms with van der Waals surface area (Å²) >= 11 is 0. The van der Waals surface area contributed by atoms with Crippen LogP contribution in [0.15, 0.2) is 42.6 Å². The first-order valence-corrected chi connectivity index (χ1v) is 12.3. The fraction of sp³-hybridized carbons (Fsp3) is 0.370. The molecule has 9 heteroatoms. The molecule has 184 valence electrons. The number of aryl methyl sites for hydroxylation is 2. The summed E-state index contributed by atoms with van der Waals surface area (Å²) in [7, 11) is 3.27. The summed E-state index contributed by atoms with van der Waals surface area (Å²) in [4.78, 5) is 39.0. The molecule has 5 heterocycles. The van der Waals surface area contributed by atoms with E-state index in [1.54, 1.807) is 6.07 Å². The van der Waals surface area contributed by atoms with Crippen molar-refractivity contribution in [1.29, 1.82) is 0 Å². The van der Waals surface area contributed by atoms with Crippen LogP contribution >= 0.6 is 0 Å². The van der Waals surface area contributed by atoms with Crippen molar-refractivity contribution in [3.05, 3.63) is 53.9 Å². The van der Waals surface area contributed by atoms with E-state index in [1.165, 1.54) is 13.3 Å². The average Bonchev–Trinajstić information content (AvgIpc) is 3.47. The van der Waals surface area contributed by atoms with E-state index < -0.39 is 5.97 Å². The Bertz CT molecular complexity index is 1550. The Hall–Kier alpha value is -4.01. The average molecular weight is 485 g/mol. The molecule has 6 rings (SSSR count). The smallest absolute Gasteiger partial charge is 0.339 e. The number of imidazole rings is 1. The van der Waals surface area contributed by atoms with E-state index in [0.29, 0.717) is 22.6 Å². The van der Waals surface area contributed by atoms with Gasteiger partial charge in [-0.3, -0.25) is 4.79 Å². The lowest BCUT2D eigenvalue weighted by atomic mass is 10.1. The third-order valence-electron chi connectivity index (χ3n) is 7.31. The van der Waals surface area contributed by atoms with Gasteiger partial charge in [0.05, 0.1) is 30.1 Å². The van der Waals surface area contributed by atoms with Crippen LogP contribution < -0.4 is 5.32 Å². The van der Waals surface area contributed by atoms with Gasteiger partial charge in [-0.2, -0.15) is 0 Å². The number of methoxy groups -OCH3 is 1. The number of carbonyl (C=O) groups excluding carboxylic acids is 2. The molecule has 2 aliphatic rings. The van der Waals surface area contributed by atoms with Crippen LogP contribution in [0.2, 0.25) is 0 Å². The van der Waals surface area contributed by atoms with Gasteiger partial charge in [0, 0.05) is 31.1 Å². The number of esters is 1. The van der Waals surface area contributed by atoms with Crippen molar-refractivity contribution in [1.82, 2.24) is 29.4 Å². The Morgan fingerprint density at radius 2 is 2.03 bits per heavy atom. The summed E-state index contributed by atoms with van der Waals surface area (Å²) in [5.74, 6) is 0.971. The molecular weight excluding hydrogens is 456 g/mol. The standard InChI is InChI=1S/C27H28N6O3/c1-15-20-9-8-17-13-22(25-31-21-12-18(27(35)36-3)14-28-24(21)32(25)2)33(23(17)30-20)10-6-4-5-7-16-11-19(16)26(34)29-15/h4-5,8-9,12-16,19H,6-7,10-11H2,1-3H3,(H,29,34)/b5-4+/t15-,16-,19-/m1/s1. The maximum atomic E-state index is 12.7. The number of pyridine rings is 2. The highest BCUT2D eigenvalue weighted by atomic mass is 16.5. The highest BCUT2D eigenvalue weighted by molar-refractivity contribution is 5.93. The number of allylic oxidation sites excluding steroid dienone is 2. The van der Waals surface area contributed by atoms with E-state index in [2.05, 4.69) is 39.2 Å². The van der Waals surface area contributed by atoms with Crippen molar-refractivity contribution < 1.29 is 14.3 Å². The number of aromatic nitrogens is 5. The van der Waals surface area contributed by atoms with E-state index in [4.69, 9.17) is 14.7 Å². The van der Waals surface area contributed by atoms with E-state index in [9.17, 15) is 9.59 Å². The fourth-order valence-electron chi connectivity index (χ4n) is 5.15. The zero-order valence-corrected chi connectivity index (χ0v) is 20.6. The van der Waals surface area contributed by atoms with Crippen molar-refractivity contribution in [2.75, 3.05) is 7.11 Å². The van der Waals surface area contributed by atoms with Crippen LogP contribution in [0.1, 0.15) is 48.3 Å². The van der Waals surface area contributed by atoms with Gasteiger partial charge < -0.3 is 19.2 Å². The molecule has 4 aromatic rings. The predicted octanol–water partition coefficient (Wildman–Crippen LogP) is 3.93. The topological polar surface area (TPSA) is 104 Å². The number of fused-ring (bicyclic) bond motifs is 3. The van der Waals surface area contributed by atoms with Crippen molar-refractivity contribution in [3.63, 3.8) is 0 Å². The summed E-state index contributed by atoms with van der Waals surface area (Å²) in [6.07, 6.45) is 8.64. The molecule has 0 unspecified atom stereocenters. The van der Waals surface area contributed by atoms with Gasteiger partial charge >= 0.3 is 5.97 Å². The number of rotatable bonds is 2. The summed E-state index contributed by atoms with van der Waals surface area (Å²) in [6, 6.07) is 7.66. The molecular formula is C27H28N6O3. The van der Waals surface area contributed by atoms with Gasteiger partial charge in [-0.25, -0.2) is 19.7 Å². The van der Waals surface area contributed by atoms with Crippen molar-refractivity contribution in [2.45, 2.75) is 38.8 Å². The second-order valence-electron chi connectivity index (χ2n) is 9.71. The molecule has 1 saturated carbocycles. The third kappa shape index (κ3) is 3.75. The van der Waals surface area contributed by atoms with Crippen molar-refractivity contribution in [3.8, 4) is 11.5 Å². The Morgan fingerprint density at radius 1 is 1.17 bits per heavy atom. The third-order valence-corrected chi connectivity index (χ3v) is 7.31. The van der Waals surface area contributed by atoms with Crippen LogP contribution in [-0.4, -0.2) is 43.1 Å². The number of hydrogen-bond donors (Lipinski definition) is 1. The zero-order chi connectivity index (χ0) is 25.0. The lowest BCUT2D eigenvalue weighted by Gasteiger charge is -2.15. The molecule has 1 amide bonds. The van der Waals surface area contributed by atoms with Gasteiger partial charge in [0.1, 0.15) is 11.2 Å². The first kappa shape index (κ1) is 22.5. The number of nitrogens with zero attached hydrogens (tertiary/aromatic N) is 5. The number of hydrogen-bond acceptors (Lipinski definition) is 6. The van der Waals surface area contributed by atoms with Crippen LogP contribution in [0.25, 0.3) is 33.7 Å². The lowest BCUT2D eigenvalue weighted by Crippen LogP contribution is -2.29. The van der Waals surface area contributed by atoms with Crippen LogP contribution in [0.5, 0.6) is 0 Å². The highest BCUT2D eigenvalue weighted by Crippen LogP contribution is 2.42. The van der Waals surface area contributed by atoms with Crippen LogP contribution in [-0.2, 0) is 23.1 Å². The molecule has 36 heavy (non-hydrogen) atoms. The molecule has 1 aliphatic carbocycles. The second kappa shape index (κ2) is 8.58. The van der Waals surface area contributed by atoms with E-state index in [0.717, 1.165) is 54.1 Å². The van der Waals surface area contributed by atoms with Gasteiger partial charge in [-0.1, -0.05) is 12.2 Å². The molecule has 0 aromatic carbocycles. The quantitative estimate of drug-likeness (QED) is 0.341. The summed E-state index contributed by atoms with van der Waals surface area (Å²) in [5.41, 5.74) is 4.28. The van der Waals surface area contributed by atoms with Gasteiger partial charge in [0.15, 0.2) is 11.5 Å². The molecule has 1 N–H and O–H groups in total. The molecule has 3 atom stereocenters. The predicted molar refractivity (Wildman–Crippen MR) is 135 cm³/mol. The summed E-state index contributed by atoms with van der Waals surface area (Å²) in [6.45, 7) is 2.73. The van der Waals surface area contributed by atoms with Gasteiger partial charge in [-0.15, -0.1) is 0 Å². The van der Waals surface area contributed by atoms with E-state index in [-0.39, 0.29) is 17.9 Å². The summed E-state index contributed by atoms with van der Waals surface area (Å²) in [5, 5.41) is 4.15. The number of ether oxygens (including phenoxy) is 1. The molecule has 0 spiro atoms. The molecule has 0 saturated heterocycles. The first-order valence-electron chi connectivity index (χ1n) is 12.3. The Balaban J connectivity index is 1.47. The monoisotopic (exact) mass is 484 g/mol. The van der Waals surface area contributed by atoms with Crippen LogP contribution in [0, 0.1) is 11.8 Å². The Kier molecular flexibility index (Phi) is 5.35. The molecule has 1 fully saturated rings. The van der Waals surface area contributed by atoms with E-state index in [1.807, 2.05) is 24.6 Å². The maximum absolute atomic E-state index is 12.7. The molecule has 9 nitrogen and oxygen atoms in total. The fourth-order valence-corrected chi connectivity index (χ4v) is 5.15. The lowest BCUT2D eigenvalue weighted by molar-refractivity contribution is -0.123. The zero-order valence-electron chi connectivity index (χ0n) is 20.6. The second-order valence-corrected chi connectivity index (χ2v) is 9.71. The SMILES string of the molecule is COC(=O)c1cnc2c(c1)nc(-c1cc3ccc4nc3n1CC/C=C/C[C@@H]1C[C@H]1C(=O)N[C@@H]4C)n2C. The van der Waals surface area contributed by atoms with Crippen molar-refractivity contribution in [2.24, 2.45) is 18.9 Å². The minimum Gasteiger partial charge on any atom is -0.465 e. The van der Waals surface area contributed by atoms with Gasteiger partial charge in [-0.05, 0) is 56.4 Å². The first-order chi connectivity index (χ1) is 17.4. The minimum absolute atomic E-state index is 0.116. The highest BCUT2D eigenvalue weighted by Gasteiger charge is 2.42. The van der Waals surface area contributed by atoms with Gasteiger partial charge in [0.2, 0.25) is 5.91 Å². The van der Waals surface area contributed by atoms with Gasteiger partial charge in [0.25, 0.3) is 0 Å². The maximum Gasteiger partial charge on any atom is 0.339 e. The number of carbonyl (C=O) groups is 2. The molecule has 2 bridgehead atoms. The molecule has 4 aromatic heterocycles. The minimum atomic E-state index is -0.443. The van der Waals surface area contributed by atoms with Crippen LogP contribution in [0.3, 0.4) is 0 Å². The normalized spacial score (nSPS) is 22.8. The van der Waals surface area contributed by atoms with E-state index >= 15 is 0 Å². The molecule has 1 aliphatic heterocycles. The summed E-state index contributed by atoms with van der Waals surface area (Å²) < 4.78 is 8.96. The molecule has 0 radical (unpaired) electrons. The Labute approximate surface area is 208 Å². The largest absolute Gasteiger partial charge is 0.465 e. The number of amides is 1. The Morgan fingerprint density at radius 3 is 2.86 bits per heavy atom. The number of nitrogens with one attached hydrogen (secondary N) is 1. The van der Waals surface area contributed by atoms with Crippen LogP contribution in [0.4, 0.5) is 0 Å². The van der Waals surface area contributed by atoms with Crippen molar-refractivity contribution >= 4 is 34.1 Å².